The van der Waals surface area contributed by atoms with Crippen molar-refractivity contribution in [3.8, 4) is 0 Å². The van der Waals surface area contributed by atoms with E-state index in [1.54, 1.807) is 12.1 Å². The van der Waals surface area contributed by atoms with E-state index in [1.807, 2.05) is 19.1 Å². The van der Waals surface area contributed by atoms with Gasteiger partial charge in [0.25, 0.3) is 0 Å². The zero-order valence-corrected chi connectivity index (χ0v) is 7.20. The molecule has 2 nitrogen and oxygen atoms in total. The normalized spacial score (nSPS) is 13.3. The number of esters is 1. The van der Waals surface area contributed by atoms with Crippen LogP contribution in [0.3, 0.4) is 0 Å². The number of ether oxygens (including phenoxy) is 1. The van der Waals surface area contributed by atoms with Crippen LogP contribution in [-0.2, 0) is 15.9 Å². The first-order valence-corrected chi connectivity index (χ1v) is 3.72. The Kier molecular flexibility index (Phi) is 2.39. The summed E-state index contributed by atoms with van der Waals surface area (Å²) in [6.07, 6.45) is -0.925. The second-order valence-electron chi connectivity index (χ2n) is 2.58. The summed E-state index contributed by atoms with van der Waals surface area (Å²) in [5, 5.41) is 0. The van der Waals surface area contributed by atoms with Crippen molar-refractivity contribution in [3.05, 3.63) is 35.4 Å². The Bertz CT molecular complexity index is 292. The van der Waals surface area contributed by atoms with Gasteiger partial charge in [0.05, 0.1) is 13.5 Å². The number of carbonyl (C=O) groups is 1. The third kappa shape index (κ3) is 2.38. The van der Waals surface area contributed by atoms with E-state index in [0.29, 0.717) is 5.56 Å². The molecule has 2 heteroatoms. The van der Waals surface area contributed by atoms with Gasteiger partial charge in [0.2, 0.25) is 0 Å². The summed E-state index contributed by atoms with van der Waals surface area (Å²) in [5.74, 6) is -0.524. The molecule has 1 aromatic carbocycles. The lowest BCUT2D eigenvalue weighted by atomic mass is 10.1. The molecule has 0 radical (unpaired) electrons. The molecule has 0 aliphatic heterocycles. The van der Waals surface area contributed by atoms with E-state index >= 15 is 0 Å². The van der Waals surface area contributed by atoms with Crippen LogP contribution >= 0.6 is 0 Å². The number of hydrogen-bond acceptors (Lipinski definition) is 2. The SMILES string of the molecule is [2H]C(C(=O)OC)c1ccc(C)cc1. The summed E-state index contributed by atoms with van der Waals surface area (Å²) < 4.78 is 12.0. The lowest BCUT2D eigenvalue weighted by molar-refractivity contribution is -0.139. The van der Waals surface area contributed by atoms with E-state index in [-0.39, 0.29) is 0 Å². The molecule has 0 spiro atoms. The Labute approximate surface area is 73.6 Å². The van der Waals surface area contributed by atoms with Crippen LogP contribution in [0.5, 0.6) is 0 Å². The first-order chi connectivity index (χ1) is 6.15. The van der Waals surface area contributed by atoms with E-state index < -0.39 is 12.4 Å². The molecule has 0 saturated carbocycles. The van der Waals surface area contributed by atoms with Crippen molar-refractivity contribution in [3.63, 3.8) is 0 Å². The molecule has 12 heavy (non-hydrogen) atoms. The van der Waals surface area contributed by atoms with E-state index in [0.717, 1.165) is 5.56 Å². The van der Waals surface area contributed by atoms with Crippen LogP contribution < -0.4 is 0 Å². The summed E-state index contributed by atoms with van der Waals surface area (Å²) in [6, 6.07) is 7.29. The van der Waals surface area contributed by atoms with Crippen molar-refractivity contribution < 1.29 is 10.9 Å². The average molecular weight is 165 g/mol. The molecule has 1 atom stereocenters. The number of benzene rings is 1. The average Bonchev–Trinajstić information content (AvgIpc) is 2.17. The molecule has 0 amide bonds. The van der Waals surface area contributed by atoms with Gasteiger partial charge in [-0.15, -0.1) is 0 Å². The highest BCUT2D eigenvalue weighted by molar-refractivity contribution is 5.72. The van der Waals surface area contributed by atoms with Crippen LogP contribution in [0.25, 0.3) is 0 Å². The first kappa shape index (κ1) is 7.35. The largest absolute Gasteiger partial charge is 0.469 e. The van der Waals surface area contributed by atoms with Gasteiger partial charge in [-0.1, -0.05) is 29.8 Å². The fourth-order valence-electron chi connectivity index (χ4n) is 0.858. The smallest absolute Gasteiger partial charge is 0.309 e. The van der Waals surface area contributed by atoms with E-state index in [2.05, 4.69) is 4.74 Å². The second kappa shape index (κ2) is 3.90. The van der Waals surface area contributed by atoms with Gasteiger partial charge in [-0.3, -0.25) is 4.79 Å². The Morgan fingerprint density at radius 3 is 2.58 bits per heavy atom. The number of aryl methyl sites for hydroxylation is 1. The van der Waals surface area contributed by atoms with Gasteiger partial charge in [0.15, 0.2) is 0 Å². The van der Waals surface area contributed by atoms with Gasteiger partial charge in [-0.25, -0.2) is 0 Å². The van der Waals surface area contributed by atoms with Crippen LogP contribution in [0.2, 0.25) is 0 Å². The van der Waals surface area contributed by atoms with Gasteiger partial charge in [-0.2, -0.15) is 0 Å². The lowest BCUT2D eigenvalue weighted by Gasteiger charge is -1.99. The summed E-state index contributed by atoms with van der Waals surface area (Å²) in [7, 11) is 1.29. The predicted octanol–water partition coefficient (Wildman–Crippen LogP) is 1.71. The molecule has 0 aromatic heterocycles. The molecule has 1 aromatic rings. The molecular formula is C10H12O2. The summed E-state index contributed by atoms with van der Waals surface area (Å²) in [5.41, 5.74) is 1.78. The van der Waals surface area contributed by atoms with E-state index in [4.69, 9.17) is 1.37 Å². The minimum Gasteiger partial charge on any atom is -0.469 e. The Morgan fingerprint density at radius 1 is 1.50 bits per heavy atom. The maximum absolute atomic E-state index is 11.0. The van der Waals surface area contributed by atoms with E-state index in [1.165, 1.54) is 7.11 Å². The Balaban J connectivity index is 2.83. The van der Waals surface area contributed by atoms with E-state index in [9.17, 15) is 4.79 Å². The molecule has 0 heterocycles. The van der Waals surface area contributed by atoms with Gasteiger partial charge in [0.1, 0.15) is 0 Å². The fraction of sp³-hybridized carbons (Fsp3) is 0.300. The van der Waals surface area contributed by atoms with Crippen molar-refractivity contribution in [2.75, 3.05) is 7.11 Å². The van der Waals surface area contributed by atoms with Crippen molar-refractivity contribution in [2.24, 2.45) is 0 Å². The lowest BCUT2D eigenvalue weighted by Crippen LogP contribution is -2.03. The molecule has 64 valence electrons. The number of methoxy groups -OCH3 is 1. The molecule has 0 aliphatic rings. The minimum atomic E-state index is -0.925. The van der Waals surface area contributed by atoms with Gasteiger partial charge in [-0.05, 0) is 12.5 Å². The van der Waals surface area contributed by atoms with Crippen LogP contribution in [0.4, 0.5) is 0 Å². The molecule has 1 rings (SSSR count). The number of carbonyl (C=O) groups excluding carboxylic acids is 1. The fourth-order valence-corrected chi connectivity index (χ4v) is 0.858. The van der Waals surface area contributed by atoms with Gasteiger partial charge >= 0.3 is 5.97 Å². The topological polar surface area (TPSA) is 26.3 Å². The summed E-state index contributed by atoms with van der Waals surface area (Å²) in [6.45, 7) is 1.96. The molecule has 0 N–H and O–H groups in total. The van der Waals surface area contributed by atoms with Gasteiger partial charge in [0, 0.05) is 1.37 Å². The molecule has 0 fully saturated rings. The molecule has 1 unspecified atom stereocenters. The van der Waals surface area contributed by atoms with Crippen LogP contribution in [0, 0.1) is 6.92 Å². The number of rotatable bonds is 2. The highest BCUT2D eigenvalue weighted by Crippen LogP contribution is 2.04. The monoisotopic (exact) mass is 165 g/mol. The maximum Gasteiger partial charge on any atom is 0.309 e. The van der Waals surface area contributed by atoms with Crippen molar-refractivity contribution in [1.82, 2.24) is 0 Å². The Morgan fingerprint density at radius 2 is 2.08 bits per heavy atom. The molecule has 0 bridgehead atoms. The standard InChI is InChI=1S/C10H12O2/c1-8-3-5-9(6-4-8)7-10(11)12-2/h3-6H,7H2,1-2H3/i7D. The van der Waals surface area contributed by atoms with Crippen molar-refractivity contribution >= 4 is 5.97 Å². The Hall–Kier alpha value is -1.31. The zero-order valence-electron chi connectivity index (χ0n) is 8.20. The van der Waals surface area contributed by atoms with Gasteiger partial charge < -0.3 is 4.74 Å². The predicted molar refractivity (Wildman–Crippen MR) is 46.9 cm³/mol. The third-order valence-electron chi connectivity index (χ3n) is 1.56. The second-order valence-corrected chi connectivity index (χ2v) is 2.58. The maximum atomic E-state index is 11.0. The minimum absolute atomic E-state index is 0.524. The molecular weight excluding hydrogens is 152 g/mol. The van der Waals surface area contributed by atoms with Crippen LogP contribution in [-0.4, -0.2) is 13.1 Å². The summed E-state index contributed by atoms with van der Waals surface area (Å²) in [4.78, 5) is 11.0. The van der Waals surface area contributed by atoms with Crippen molar-refractivity contribution in [2.45, 2.75) is 13.3 Å². The number of hydrogen-bond donors (Lipinski definition) is 0. The molecule has 0 aliphatic carbocycles. The highest BCUT2D eigenvalue weighted by Gasteiger charge is 2.00. The third-order valence-corrected chi connectivity index (χ3v) is 1.56. The quantitative estimate of drug-likeness (QED) is 0.623. The zero-order chi connectivity index (χ0) is 9.84. The first-order valence-electron chi connectivity index (χ1n) is 4.29. The molecule has 0 saturated heterocycles. The highest BCUT2D eigenvalue weighted by atomic mass is 16.5. The van der Waals surface area contributed by atoms with Crippen LogP contribution in [0.1, 0.15) is 12.5 Å². The van der Waals surface area contributed by atoms with Crippen molar-refractivity contribution in [1.29, 1.82) is 0 Å². The van der Waals surface area contributed by atoms with Crippen LogP contribution in [0.15, 0.2) is 24.3 Å². The summed E-state index contributed by atoms with van der Waals surface area (Å²) >= 11 is 0.